The summed E-state index contributed by atoms with van der Waals surface area (Å²) in [6.45, 7) is 0. The Bertz CT molecular complexity index is 476. The van der Waals surface area contributed by atoms with Gasteiger partial charge in [-0.2, -0.15) is 0 Å². The molecular weight excluding hydrogens is 254 g/mol. The highest BCUT2D eigenvalue weighted by Gasteiger charge is 2.29. The molecule has 2 unspecified atom stereocenters. The first kappa shape index (κ1) is 14.8. The summed E-state index contributed by atoms with van der Waals surface area (Å²) in [7, 11) is 5.56. The molecule has 0 aromatic carbocycles. The highest BCUT2D eigenvalue weighted by Crippen LogP contribution is 2.24. The van der Waals surface area contributed by atoms with Crippen molar-refractivity contribution in [3.8, 4) is 0 Å². The third-order valence-corrected chi connectivity index (χ3v) is 3.96. The van der Waals surface area contributed by atoms with Crippen molar-refractivity contribution >= 4 is 11.7 Å². The van der Waals surface area contributed by atoms with E-state index in [-0.39, 0.29) is 11.9 Å². The van der Waals surface area contributed by atoms with E-state index in [1.165, 1.54) is 0 Å². The molecule has 0 aliphatic heterocycles. The maximum absolute atomic E-state index is 12.5. The Kier molecular flexibility index (Phi) is 4.60. The largest absolute Gasteiger partial charge is 0.391 e. The number of pyridine rings is 1. The molecule has 1 heterocycles. The van der Waals surface area contributed by atoms with Crippen molar-refractivity contribution in [2.75, 3.05) is 26.0 Å². The SMILES string of the molecule is CN(C)c1cc(C(=O)N(C)C2CCCCC2O)ccn1. The van der Waals surface area contributed by atoms with Crippen molar-refractivity contribution in [3.63, 3.8) is 0 Å². The van der Waals surface area contributed by atoms with Gasteiger partial charge >= 0.3 is 0 Å². The van der Waals surface area contributed by atoms with Crippen LogP contribution >= 0.6 is 0 Å². The molecule has 1 aliphatic carbocycles. The fourth-order valence-corrected chi connectivity index (χ4v) is 2.69. The van der Waals surface area contributed by atoms with Gasteiger partial charge in [-0.15, -0.1) is 0 Å². The third-order valence-electron chi connectivity index (χ3n) is 3.96. The number of hydrogen-bond acceptors (Lipinski definition) is 4. The molecule has 5 heteroatoms. The van der Waals surface area contributed by atoms with E-state index in [9.17, 15) is 9.90 Å². The molecule has 1 fully saturated rings. The summed E-state index contributed by atoms with van der Waals surface area (Å²) in [6, 6.07) is 3.43. The van der Waals surface area contributed by atoms with E-state index in [0.29, 0.717) is 5.56 Å². The Morgan fingerprint density at radius 1 is 1.30 bits per heavy atom. The number of nitrogens with zero attached hydrogens (tertiary/aromatic N) is 3. The van der Waals surface area contributed by atoms with Crippen LogP contribution in [0.25, 0.3) is 0 Å². The monoisotopic (exact) mass is 277 g/mol. The molecule has 5 nitrogen and oxygen atoms in total. The van der Waals surface area contributed by atoms with E-state index in [0.717, 1.165) is 31.5 Å². The highest BCUT2D eigenvalue weighted by atomic mass is 16.3. The lowest BCUT2D eigenvalue weighted by atomic mass is 9.91. The first-order valence-corrected chi connectivity index (χ1v) is 7.09. The van der Waals surface area contributed by atoms with Gasteiger partial charge in [0.2, 0.25) is 0 Å². The molecule has 1 N–H and O–H groups in total. The molecule has 2 atom stereocenters. The van der Waals surface area contributed by atoms with Gasteiger partial charge in [-0.05, 0) is 25.0 Å². The zero-order chi connectivity index (χ0) is 14.7. The maximum Gasteiger partial charge on any atom is 0.254 e. The van der Waals surface area contributed by atoms with E-state index in [1.54, 1.807) is 30.3 Å². The zero-order valence-corrected chi connectivity index (χ0v) is 12.4. The molecule has 0 radical (unpaired) electrons. The van der Waals surface area contributed by atoms with Crippen molar-refractivity contribution in [3.05, 3.63) is 23.9 Å². The molecule has 1 saturated carbocycles. The predicted octanol–water partition coefficient (Wildman–Crippen LogP) is 1.52. The Hall–Kier alpha value is -1.62. The molecule has 1 aromatic rings. The van der Waals surface area contributed by atoms with Crippen molar-refractivity contribution in [2.45, 2.75) is 37.8 Å². The van der Waals surface area contributed by atoms with Crippen molar-refractivity contribution in [1.82, 2.24) is 9.88 Å². The van der Waals surface area contributed by atoms with Crippen LogP contribution in [0.4, 0.5) is 5.82 Å². The van der Waals surface area contributed by atoms with Crippen LogP contribution in [-0.2, 0) is 0 Å². The summed E-state index contributed by atoms with van der Waals surface area (Å²) in [4.78, 5) is 20.3. The van der Waals surface area contributed by atoms with E-state index >= 15 is 0 Å². The van der Waals surface area contributed by atoms with Gasteiger partial charge in [0.15, 0.2) is 0 Å². The molecule has 110 valence electrons. The summed E-state index contributed by atoms with van der Waals surface area (Å²) < 4.78 is 0. The van der Waals surface area contributed by atoms with Crippen molar-refractivity contribution in [2.24, 2.45) is 0 Å². The number of likely N-dealkylation sites (N-methyl/N-ethyl adjacent to an activating group) is 1. The van der Waals surface area contributed by atoms with Crippen LogP contribution < -0.4 is 4.90 Å². The quantitative estimate of drug-likeness (QED) is 0.910. The van der Waals surface area contributed by atoms with Gasteiger partial charge in [0.05, 0.1) is 12.1 Å². The standard InChI is InChI=1S/C15H23N3O2/c1-17(2)14-10-11(8-9-16-14)15(20)18(3)12-6-4-5-7-13(12)19/h8-10,12-13,19H,4-7H2,1-3H3. The Balaban J connectivity index is 2.15. The molecule has 1 amide bonds. The topological polar surface area (TPSA) is 56.7 Å². The molecular formula is C15H23N3O2. The Morgan fingerprint density at radius 3 is 2.65 bits per heavy atom. The van der Waals surface area contributed by atoms with Crippen LogP contribution in [0.5, 0.6) is 0 Å². The zero-order valence-electron chi connectivity index (χ0n) is 12.4. The van der Waals surface area contributed by atoms with E-state index in [4.69, 9.17) is 0 Å². The molecule has 2 rings (SSSR count). The van der Waals surface area contributed by atoms with Gasteiger partial charge in [0.1, 0.15) is 5.82 Å². The number of carbonyl (C=O) groups excluding carboxylic acids is 1. The number of anilines is 1. The first-order valence-electron chi connectivity index (χ1n) is 7.09. The molecule has 0 saturated heterocycles. The van der Waals surface area contributed by atoms with Crippen LogP contribution in [0.15, 0.2) is 18.3 Å². The van der Waals surface area contributed by atoms with Crippen LogP contribution in [0, 0.1) is 0 Å². The fourth-order valence-electron chi connectivity index (χ4n) is 2.69. The second-order valence-corrected chi connectivity index (χ2v) is 5.63. The number of hydrogen-bond donors (Lipinski definition) is 1. The summed E-state index contributed by atoms with van der Waals surface area (Å²) >= 11 is 0. The smallest absolute Gasteiger partial charge is 0.254 e. The number of rotatable bonds is 3. The maximum atomic E-state index is 12.5. The van der Waals surface area contributed by atoms with Crippen molar-refractivity contribution in [1.29, 1.82) is 0 Å². The number of carbonyl (C=O) groups is 1. The average molecular weight is 277 g/mol. The molecule has 20 heavy (non-hydrogen) atoms. The number of aliphatic hydroxyl groups excluding tert-OH is 1. The van der Waals surface area contributed by atoms with Crippen LogP contribution in [0.3, 0.4) is 0 Å². The Labute approximate surface area is 120 Å². The fraction of sp³-hybridized carbons (Fsp3) is 0.600. The normalized spacial score (nSPS) is 22.4. The first-order chi connectivity index (χ1) is 9.50. The van der Waals surface area contributed by atoms with Crippen LogP contribution in [-0.4, -0.2) is 54.2 Å². The molecule has 1 aromatic heterocycles. The van der Waals surface area contributed by atoms with Crippen LogP contribution in [0.1, 0.15) is 36.0 Å². The second-order valence-electron chi connectivity index (χ2n) is 5.63. The highest BCUT2D eigenvalue weighted by molar-refractivity contribution is 5.94. The van der Waals surface area contributed by atoms with E-state index < -0.39 is 6.10 Å². The van der Waals surface area contributed by atoms with Gasteiger partial charge in [-0.3, -0.25) is 4.79 Å². The summed E-state index contributed by atoms with van der Waals surface area (Å²) in [5.41, 5.74) is 0.615. The van der Waals surface area contributed by atoms with Gasteiger partial charge in [0.25, 0.3) is 5.91 Å². The predicted molar refractivity (Wildman–Crippen MR) is 78.9 cm³/mol. The minimum absolute atomic E-state index is 0.0542. The molecule has 0 spiro atoms. The van der Waals surface area contributed by atoms with Crippen molar-refractivity contribution < 1.29 is 9.90 Å². The summed E-state index contributed by atoms with van der Waals surface area (Å²) in [5.74, 6) is 0.704. The molecule has 0 bridgehead atoms. The summed E-state index contributed by atoms with van der Waals surface area (Å²) in [6.07, 6.45) is 5.00. The average Bonchev–Trinajstić information content (AvgIpc) is 2.46. The third kappa shape index (κ3) is 3.10. The number of amides is 1. The Morgan fingerprint density at radius 2 is 2.00 bits per heavy atom. The van der Waals surface area contributed by atoms with E-state index in [2.05, 4.69) is 4.98 Å². The number of aromatic nitrogens is 1. The molecule has 1 aliphatic rings. The second kappa shape index (κ2) is 6.22. The minimum Gasteiger partial charge on any atom is -0.391 e. The lowest BCUT2D eigenvalue weighted by Crippen LogP contribution is -2.46. The lowest BCUT2D eigenvalue weighted by Gasteiger charge is -2.35. The number of aliphatic hydroxyl groups is 1. The van der Waals surface area contributed by atoms with E-state index in [1.807, 2.05) is 19.0 Å². The van der Waals surface area contributed by atoms with Gasteiger partial charge < -0.3 is 14.9 Å². The minimum atomic E-state index is -0.409. The van der Waals surface area contributed by atoms with Crippen LogP contribution in [0.2, 0.25) is 0 Å². The van der Waals surface area contributed by atoms with Gasteiger partial charge in [-0.1, -0.05) is 12.8 Å². The van der Waals surface area contributed by atoms with Gasteiger partial charge in [0, 0.05) is 32.9 Å². The van der Waals surface area contributed by atoms with Gasteiger partial charge in [-0.25, -0.2) is 4.98 Å². The summed E-state index contributed by atoms with van der Waals surface area (Å²) in [5, 5.41) is 10.1. The lowest BCUT2D eigenvalue weighted by molar-refractivity contribution is 0.0268.